The van der Waals surface area contributed by atoms with Crippen LogP contribution < -0.4 is 0 Å². The van der Waals surface area contributed by atoms with E-state index in [1.54, 1.807) is 11.7 Å². The minimum absolute atomic E-state index is 0.918. The van der Waals surface area contributed by atoms with Gasteiger partial charge in [0.05, 0.1) is 0 Å². The SMILES string of the molecule is Ic1cncc(-c2nncs2)c1. The lowest BCUT2D eigenvalue weighted by atomic mass is 10.3. The average molecular weight is 289 g/mol. The van der Waals surface area contributed by atoms with Crippen LogP contribution in [0.5, 0.6) is 0 Å². The molecule has 0 fully saturated rings. The first-order valence-electron chi connectivity index (χ1n) is 3.23. The zero-order valence-electron chi connectivity index (χ0n) is 5.94. The minimum Gasteiger partial charge on any atom is -0.263 e. The van der Waals surface area contributed by atoms with Gasteiger partial charge in [0.2, 0.25) is 0 Å². The van der Waals surface area contributed by atoms with Crippen molar-refractivity contribution in [1.29, 1.82) is 0 Å². The highest BCUT2D eigenvalue weighted by atomic mass is 127. The van der Waals surface area contributed by atoms with Gasteiger partial charge in [0.1, 0.15) is 10.5 Å². The van der Waals surface area contributed by atoms with E-state index in [4.69, 9.17) is 0 Å². The van der Waals surface area contributed by atoms with Gasteiger partial charge in [0, 0.05) is 21.5 Å². The van der Waals surface area contributed by atoms with Gasteiger partial charge in [-0.1, -0.05) is 11.3 Å². The number of hydrogen-bond acceptors (Lipinski definition) is 4. The van der Waals surface area contributed by atoms with Crippen molar-refractivity contribution in [1.82, 2.24) is 15.2 Å². The monoisotopic (exact) mass is 289 g/mol. The molecule has 0 N–H and O–H groups in total. The Kier molecular flexibility index (Phi) is 2.31. The Labute approximate surface area is 87.0 Å². The number of hydrogen-bond donors (Lipinski definition) is 0. The molecule has 0 aromatic carbocycles. The molecule has 0 saturated carbocycles. The van der Waals surface area contributed by atoms with E-state index in [2.05, 4.69) is 37.8 Å². The van der Waals surface area contributed by atoms with Crippen LogP contribution in [0.1, 0.15) is 0 Å². The molecule has 0 unspecified atom stereocenters. The maximum absolute atomic E-state index is 4.07. The van der Waals surface area contributed by atoms with Crippen molar-refractivity contribution in [2.75, 3.05) is 0 Å². The predicted molar refractivity (Wildman–Crippen MR) is 55.9 cm³/mol. The van der Waals surface area contributed by atoms with E-state index < -0.39 is 0 Å². The molecule has 2 heterocycles. The van der Waals surface area contributed by atoms with Crippen molar-refractivity contribution >= 4 is 33.9 Å². The zero-order chi connectivity index (χ0) is 8.39. The molecule has 12 heavy (non-hydrogen) atoms. The summed E-state index contributed by atoms with van der Waals surface area (Å²) in [6, 6.07) is 2.04. The van der Waals surface area contributed by atoms with E-state index in [1.165, 1.54) is 11.3 Å². The fourth-order valence-corrected chi connectivity index (χ4v) is 1.86. The Morgan fingerprint density at radius 2 is 2.25 bits per heavy atom. The quantitative estimate of drug-likeness (QED) is 0.755. The van der Waals surface area contributed by atoms with Crippen LogP contribution in [0.15, 0.2) is 24.0 Å². The largest absolute Gasteiger partial charge is 0.263 e. The normalized spacial score (nSPS) is 10.1. The summed E-state index contributed by atoms with van der Waals surface area (Å²) < 4.78 is 1.11. The summed E-state index contributed by atoms with van der Waals surface area (Å²) in [5.74, 6) is 0. The summed E-state index contributed by atoms with van der Waals surface area (Å²) in [5, 5.41) is 8.64. The van der Waals surface area contributed by atoms with Crippen molar-refractivity contribution < 1.29 is 0 Å². The molecule has 0 aliphatic heterocycles. The molecule has 5 heteroatoms. The minimum atomic E-state index is 0.918. The average Bonchev–Trinajstić information content (AvgIpc) is 2.56. The van der Waals surface area contributed by atoms with Gasteiger partial charge in [-0.2, -0.15) is 0 Å². The van der Waals surface area contributed by atoms with Crippen molar-refractivity contribution in [3.8, 4) is 10.6 Å². The summed E-state index contributed by atoms with van der Waals surface area (Å²) in [7, 11) is 0. The summed E-state index contributed by atoms with van der Waals surface area (Å²) in [5.41, 5.74) is 2.75. The third-order valence-corrected chi connectivity index (χ3v) is 2.64. The topological polar surface area (TPSA) is 38.7 Å². The van der Waals surface area contributed by atoms with Crippen LogP contribution in [-0.4, -0.2) is 15.2 Å². The lowest BCUT2D eigenvalue weighted by Gasteiger charge is -1.93. The highest BCUT2D eigenvalue weighted by molar-refractivity contribution is 14.1. The fourth-order valence-electron chi connectivity index (χ4n) is 0.828. The highest BCUT2D eigenvalue weighted by Gasteiger charge is 2.00. The predicted octanol–water partition coefficient (Wildman–Crippen LogP) is 2.20. The smallest absolute Gasteiger partial charge is 0.149 e. The van der Waals surface area contributed by atoms with Crippen LogP contribution in [0.4, 0.5) is 0 Å². The van der Waals surface area contributed by atoms with Gasteiger partial charge in [0.15, 0.2) is 0 Å². The van der Waals surface area contributed by atoms with Crippen LogP contribution in [0.2, 0.25) is 0 Å². The first-order valence-corrected chi connectivity index (χ1v) is 5.19. The number of nitrogens with zero attached hydrogens (tertiary/aromatic N) is 3. The number of halogens is 1. The molecule has 2 aromatic heterocycles. The van der Waals surface area contributed by atoms with E-state index in [0.717, 1.165) is 14.1 Å². The summed E-state index contributed by atoms with van der Waals surface area (Å²) in [4.78, 5) is 4.07. The fraction of sp³-hybridized carbons (Fsp3) is 0. The molecule has 0 bridgehead atoms. The van der Waals surface area contributed by atoms with Gasteiger partial charge in [-0.15, -0.1) is 10.2 Å². The van der Waals surface area contributed by atoms with Gasteiger partial charge in [-0.25, -0.2) is 0 Å². The van der Waals surface area contributed by atoms with Gasteiger partial charge >= 0.3 is 0 Å². The number of pyridine rings is 1. The first kappa shape index (κ1) is 8.06. The zero-order valence-corrected chi connectivity index (χ0v) is 8.91. The van der Waals surface area contributed by atoms with Crippen LogP contribution in [0.25, 0.3) is 10.6 Å². The van der Waals surface area contributed by atoms with Gasteiger partial charge < -0.3 is 0 Å². The van der Waals surface area contributed by atoms with Crippen LogP contribution in [-0.2, 0) is 0 Å². The number of aromatic nitrogens is 3. The molecule has 0 amide bonds. The second kappa shape index (κ2) is 3.44. The molecule has 3 nitrogen and oxygen atoms in total. The second-order valence-corrected chi connectivity index (χ2v) is 4.21. The number of rotatable bonds is 1. The van der Waals surface area contributed by atoms with E-state index in [1.807, 2.05) is 12.3 Å². The lowest BCUT2D eigenvalue weighted by Crippen LogP contribution is -1.80. The maximum atomic E-state index is 4.07. The molecule has 0 radical (unpaired) electrons. The second-order valence-electron chi connectivity index (χ2n) is 2.14. The Hall–Kier alpha value is -0.560. The third kappa shape index (κ3) is 1.61. The van der Waals surface area contributed by atoms with E-state index in [-0.39, 0.29) is 0 Å². The lowest BCUT2D eigenvalue weighted by molar-refractivity contribution is 1.09. The summed E-state index contributed by atoms with van der Waals surface area (Å²) in [6.07, 6.45) is 3.60. The standard InChI is InChI=1S/C7H4IN3S/c8-6-1-5(2-9-3-6)7-11-10-4-12-7/h1-4H. The van der Waals surface area contributed by atoms with Crippen LogP contribution in [0.3, 0.4) is 0 Å². The van der Waals surface area contributed by atoms with E-state index in [0.29, 0.717) is 0 Å². The summed E-state index contributed by atoms with van der Waals surface area (Å²) in [6.45, 7) is 0. The van der Waals surface area contributed by atoms with Crippen LogP contribution >= 0.6 is 33.9 Å². The van der Waals surface area contributed by atoms with Gasteiger partial charge in [0.25, 0.3) is 0 Å². The van der Waals surface area contributed by atoms with E-state index >= 15 is 0 Å². The Bertz CT molecular complexity index is 374. The highest BCUT2D eigenvalue weighted by Crippen LogP contribution is 2.20. The van der Waals surface area contributed by atoms with Crippen molar-refractivity contribution in [3.63, 3.8) is 0 Å². The molecule has 0 aliphatic rings. The van der Waals surface area contributed by atoms with Gasteiger partial charge in [-0.3, -0.25) is 4.98 Å². The Balaban J connectivity index is 2.48. The van der Waals surface area contributed by atoms with Gasteiger partial charge in [-0.05, 0) is 28.7 Å². The van der Waals surface area contributed by atoms with Crippen molar-refractivity contribution in [2.45, 2.75) is 0 Å². The Morgan fingerprint density at radius 3 is 2.92 bits per heavy atom. The van der Waals surface area contributed by atoms with E-state index in [9.17, 15) is 0 Å². The van der Waals surface area contributed by atoms with Crippen molar-refractivity contribution in [3.05, 3.63) is 27.5 Å². The maximum Gasteiger partial charge on any atom is 0.149 e. The van der Waals surface area contributed by atoms with Crippen LogP contribution in [0, 0.1) is 3.57 Å². The molecule has 2 aromatic rings. The molecule has 0 aliphatic carbocycles. The molecular formula is C7H4IN3S. The molecule has 0 atom stereocenters. The molecule has 0 saturated heterocycles. The molecule has 0 spiro atoms. The molecular weight excluding hydrogens is 285 g/mol. The van der Waals surface area contributed by atoms with Crippen molar-refractivity contribution in [2.24, 2.45) is 0 Å². The first-order chi connectivity index (χ1) is 5.86. The summed E-state index contributed by atoms with van der Waals surface area (Å²) >= 11 is 3.74. The Morgan fingerprint density at radius 1 is 1.33 bits per heavy atom. The third-order valence-electron chi connectivity index (χ3n) is 1.31. The molecule has 2 rings (SSSR count). The molecule has 60 valence electrons.